The topological polar surface area (TPSA) is 333 Å². The van der Waals surface area contributed by atoms with Gasteiger partial charge in [0.05, 0.1) is 58.3 Å². The number of carboxylic acids is 2. The average Bonchev–Trinajstić information content (AvgIpc) is 1.54. The van der Waals surface area contributed by atoms with E-state index in [9.17, 15) is 53.7 Å². The zero-order valence-electron chi connectivity index (χ0n) is 55.7. The molecule has 11 rings (SSSR count). The summed E-state index contributed by atoms with van der Waals surface area (Å²) in [6.07, 6.45) is 8.30. The van der Waals surface area contributed by atoms with E-state index in [1.165, 1.54) is 28.4 Å². The third-order valence-corrected chi connectivity index (χ3v) is 19.8. The normalized spacial score (nSPS) is 22.4. The number of unbranched alkanes of at least 4 members (excludes halogenated alkanes) is 2. The van der Waals surface area contributed by atoms with E-state index in [1.54, 1.807) is 78.8 Å². The first-order valence-electron chi connectivity index (χ1n) is 32.9. The van der Waals surface area contributed by atoms with E-state index in [-0.39, 0.29) is 129 Å². The van der Waals surface area contributed by atoms with Gasteiger partial charge < -0.3 is 54.5 Å². The number of aromatic carboxylic acids is 1. The molecule has 26 nitrogen and oxygen atoms in total. The van der Waals surface area contributed by atoms with Crippen molar-refractivity contribution in [2.75, 3.05) is 68.6 Å². The number of para-hydroxylation sites is 1. The maximum atomic E-state index is 13.7. The third-order valence-electron chi connectivity index (χ3n) is 18.8. The summed E-state index contributed by atoms with van der Waals surface area (Å²) in [6.45, 7) is 12.8. The van der Waals surface area contributed by atoms with E-state index in [1.807, 2.05) is 35.9 Å². The number of imide groups is 1. The second kappa shape index (κ2) is 29.2. The second-order valence-electron chi connectivity index (χ2n) is 27.3. The molecule has 5 aliphatic rings. The van der Waals surface area contributed by atoms with E-state index >= 15 is 0 Å². The third kappa shape index (κ3) is 16.0. The van der Waals surface area contributed by atoms with Crippen molar-refractivity contribution < 1.29 is 77.4 Å². The summed E-state index contributed by atoms with van der Waals surface area (Å²) in [6, 6.07) is 20.9. The summed E-state index contributed by atoms with van der Waals surface area (Å²) in [4.78, 5) is 115. The number of nitrogens with zero attached hydrogens (tertiary/aromatic N) is 7. The Morgan fingerprint density at radius 1 is 0.857 bits per heavy atom. The Balaban J connectivity index is 0.683. The molecule has 7 amide bonds. The Hall–Kier alpha value is -9.57. The molecule has 6 atom stereocenters. The number of rotatable bonds is 26. The monoisotopic (exact) mass is 1360 g/mol. The van der Waals surface area contributed by atoms with Crippen LogP contribution in [0.2, 0.25) is 0 Å². The highest BCUT2D eigenvalue weighted by Gasteiger charge is 2.67. The number of likely N-dealkylation sites (N-methyl/N-ethyl adjacent to an activating group) is 1. The van der Waals surface area contributed by atoms with Gasteiger partial charge in [-0.2, -0.15) is 5.10 Å². The van der Waals surface area contributed by atoms with Gasteiger partial charge in [-0.05, 0) is 128 Å². The lowest BCUT2D eigenvalue weighted by atomic mass is 9.76. The fourth-order valence-corrected chi connectivity index (χ4v) is 15.6. The van der Waals surface area contributed by atoms with Gasteiger partial charge >= 0.3 is 24.1 Å². The van der Waals surface area contributed by atoms with Gasteiger partial charge in [0.2, 0.25) is 18.1 Å². The molecule has 3 fully saturated rings. The van der Waals surface area contributed by atoms with Gasteiger partial charge in [-0.25, -0.2) is 29.1 Å². The van der Waals surface area contributed by atoms with E-state index in [0.717, 1.165) is 40.1 Å². The standard InChI is InChI=1S/C71H82N10O16S/c1-43-48(47-19-20-49(75-62(47)64(89)90)45-18-22-54-52(34-45)79(29-31-93-54)66(91)77-65-76-50-14-9-10-15-56(50)98-65)37-73-81(43)42-69(4)40-70(5)38-68(2,3)39-71(70,41-69)95-32-28-78(6)67(92)94-30-12-13-44-17-21-53(96-61-36-46(82)35-55(97-61)63(87)88)51(33-44)74-58(84)25-26-72-57(83)16-8-7-11-27-80-59(85)23-24-60(80)86/h9-10,12-15,17-24,33-34,37,46,55,61,82H,7-8,11,16,25-32,35-36,38-42H2,1-6H3,(H,72,83)(H,74,84)(H,87,88)(H,89,90)(H,76,77,91)/b13-12+/t46-,55-,61+,69?,70?,71?/m0/s1. The quantitative estimate of drug-likeness (QED) is 0.0217. The maximum Gasteiger partial charge on any atom is 0.409 e. The molecule has 3 aliphatic heterocycles. The first-order valence-corrected chi connectivity index (χ1v) is 33.7. The summed E-state index contributed by atoms with van der Waals surface area (Å²) in [5, 5.41) is 44.5. The number of fused-ring (bicyclic) bond motifs is 3. The Morgan fingerprint density at radius 3 is 2.43 bits per heavy atom. The van der Waals surface area contributed by atoms with Crippen molar-refractivity contribution in [1.29, 1.82) is 0 Å². The molecule has 6 aromatic rings. The molecule has 518 valence electrons. The second-order valence-corrected chi connectivity index (χ2v) is 28.3. The molecule has 98 heavy (non-hydrogen) atoms. The number of aliphatic hydroxyl groups is 1. The summed E-state index contributed by atoms with van der Waals surface area (Å²) >= 11 is 1.38. The predicted molar refractivity (Wildman–Crippen MR) is 363 cm³/mol. The Morgan fingerprint density at radius 2 is 1.65 bits per heavy atom. The molecule has 0 bridgehead atoms. The SMILES string of the molecule is Cc1c(-c2ccc(-c3ccc4c(c3)N(C(=O)Nc3nc5ccccc5s3)CCO4)nc2C(=O)O)cnn1CC1(C)CC2(C)CC(C)(C)CC2(OCCN(C)C(=O)OC/C=C/c2ccc(O[C@H]3C[C@@H](O)C[C@@H](C(=O)O)O3)c(NC(=O)CCNC(=O)CCCCCN3C(=O)C=CC3=O)c2)C1. The van der Waals surface area contributed by atoms with Crippen LogP contribution in [0.15, 0.2) is 97.2 Å². The predicted octanol–water partition coefficient (Wildman–Crippen LogP) is 10.1. The summed E-state index contributed by atoms with van der Waals surface area (Å²) in [5.74, 6) is -3.28. The molecule has 1 saturated heterocycles. The van der Waals surface area contributed by atoms with Crippen LogP contribution in [0.5, 0.6) is 11.5 Å². The number of aliphatic hydroxyl groups excluding tert-OH is 1. The zero-order valence-corrected chi connectivity index (χ0v) is 56.5. The van der Waals surface area contributed by atoms with Crippen molar-refractivity contribution in [2.45, 2.75) is 136 Å². The number of pyridine rings is 1. The average molecular weight is 1360 g/mol. The molecule has 6 N–H and O–H groups in total. The van der Waals surface area contributed by atoms with Crippen molar-refractivity contribution in [1.82, 2.24) is 34.9 Å². The van der Waals surface area contributed by atoms with Crippen LogP contribution >= 0.6 is 11.3 Å². The number of benzene rings is 3. The molecule has 2 aliphatic carbocycles. The lowest BCUT2D eigenvalue weighted by molar-refractivity contribution is -0.195. The van der Waals surface area contributed by atoms with Gasteiger partial charge in [0.1, 0.15) is 24.7 Å². The lowest BCUT2D eigenvalue weighted by Gasteiger charge is -2.38. The molecule has 3 unspecified atom stereocenters. The number of amides is 7. The molecular weight excluding hydrogens is 1280 g/mol. The number of urea groups is 1. The number of nitrogens with one attached hydrogen (secondary N) is 3. The highest BCUT2D eigenvalue weighted by Crippen LogP contribution is 2.69. The van der Waals surface area contributed by atoms with Crippen LogP contribution in [0.3, 0.4) is 0 Å². The van der Waals surface area contributed by atoms with Gasteiger partial charge in [-0.3, -0.25) is 39.0 Å². The molecular formula is C71H82N10O16S. The van der Waals surface area contributed by atoms with Crippen molar-refractivity contribution in [2.24, 2.45) is 16.2 Å². The Kier molecular flexibility index (Phi) is 20.8. The Labute approximate surface area is 570 Å². The van der Waals surface area contributed by atoms with E-state index < -0.39 is 48.0 Å². The van der Waals surface area contributed by atoms with Crippen molar-refractivity contribution in [3.05, 3.63) is 114 Å². The number of carbonyl (C=O) groups excluding carboxylic acids is 6. The maximum absolute atomic E-state index is 13.7. The van der Waals surface area contributed by atoms with Gasteiger partial charge in [0.15, 0.2) is 16.9 Å². The largest absolute Gasteiger partial charge is 0.490 e. The van der Waals surface area contributed by atoms with Crippen LogP contribution in [0.25, 0.3) is 38.7 Å². The minimum Gasteiger partial charge on any atom is -0.490 e. The van der Waals surface area contributed by atoms with Crippen LogP contribution in [-0.4, -0.2) is 170 Å². The number of aliphatic carboxylic acids is 1. The van der Waals surface area contributed by atoms with Crippen LogP contribution in [-0.2, 0) is 44.7 Å². The molecule has 0 spiro atoms. The number of carboxylic acid groups (broad SMARTS) is 2. The Bertz CT molecular complexity index is 4080. The van der Waals surface area contributed by atoms with E-state index in [0.29, 0.717) is 76.7 Å². The number of hydrogen-bond donors (Lipinski definition) is 6. The lowest BCUT2D eigenvalue weighted by Crippen LogP contribution is -2.42. The molecule has 3 aromatic heterocycles. The summed E-state index contributed by atoms with van der Waals surface area (Å²) in [5.41, 5.74) is 3.70. The number of aromatic nitrogens is 4. The summed E-state index contributed by atoms with van der Waals surface area (Å²) < 4.78 is 33.1. The van der Waals surface area contributed by atoms with E-state index in [4.69, 9.17) is 33.8 Å². The molecule has 2 saturated carbocycles. The van der Waals surface area contributed by atoms with Gasteiger partial charge in [0.25, 0.3) is 11.8 Å². The minimum atomic E-state index is -1.31. The summed E-state index contributed by atoms with van der Waals surface area (Å²) in [7, 11) is 1.64. The van der Waals surface area contributed by atoms with Crippen molar-refractivity contribution in [3.8, 4) is 33.9 Å². The number of ether oxygens (including phenoxy) is 5. The zero-order chi connectivity index (χ0) is 69.7. The van der Waals surface area contributed by atoms with Gasteiger partial charge in [0, 0.05) is 93.4 Å². The van der Waals surface area contributed by atoms with Crippen LogP contribution in [0.4, 0.5) is 26.1 Å². The highest BCUT2D eigenvalue weighted by molar-refractivity contribution is 7.22. The first kappa shape index (κ1) is 69.8. The van der Waals surface area contributed by atoms with Crippen molar-refractivity contribution in [3.63, 3.8) is 0 Å². The molecule has 3 aromatic carbocycles. The van der Waals surface area contributed by atoms with Crippen LogP contribution < -0.4 is 30.3 Å². The smallest absolute Gasteiger partial charge is 0.409 e. The molecule has 27 heteroatoms. The molecule has 6 heterocycles. The molecule has 0 radical (unpaired) electrons. The number of anilines is 3. The highest BCUT2D eigenvalue weighted by atomic mass is 32.1. The van der Waals surface area contributed by atoms with Crippen LogP contribution in [0, 0.1) is 23.2 Å². The van der Waals surface area contributed by atoms with Crippen LogP contribution in [0.1, 0.15) is 120 Å². The number of thiazole rings is 1. The van der Waals surface area contributed by atoms with Gasteiger partial charge in [-0.1, -0.05) is 69.7 Å². The van der Waals surface area contributed by atoms with Gasteiger partial charge in [-0.15, -0.1) is 0 Å². The first-order chi connectivity index (χ1) is 46.8. The number of hydrogen-bond acceptors (Lipinski definition) is 18. The van der Waals surface area contributed by atoms with Crippen molar-refractivity contribution >= 4 is 91.8 Å². The number of carbonyl (C=O) groups is 8. The van der Waals surface area contributed by atoms with E-state index in [2.05, 4.69) is 48.6 Å². The fourth-order valence-electron chi connectivity index (χ4n) is 14.7. The minimum absolute atomic E-state index is 0.0186. The fraction of sp³-hybridized carbons (Fsp3) is 0.451.